The maximum absolute atomic E-state index is 4.43. The van der Waals surface area contributed by atoms with Crippen molar-refractivity contribution in [3.05, 3.63) is 30.1 Å². The number of fused-ring (bicyclic) bond motifs is 1. The number of rotatable bonds is 1. The van der Waals surface area contributed by atoms with Crippen molar-refractivity contribution in [2.45, 2.75) is 19.8 Å². The van der Waals surface area contributed by atoms with Crippen LogP contribution in [0.25, 0.3) is 10.9 Å². The Morgan fingerprint density at radius 3 is 2.75 bits per heavy atom. The summed E-state index contributed by atoms with van der Waals surface area (Å²) in [7, 11) is 0. The van der Waals surface area contributed by atoms with Crippen molar-refractivity contribution < 1.29 is 0 Å². The van der Waals surface area contributed by atoms with Crippen LogP contribution in [0.2, 0.25) is 0 Å². The summed E-state index contributed by atoms with van der Waals surface area (Å²) in [6, 6.07) is 6.39. The Labute approximate surface area is 95.1 Å². The maximum atomic E-state index is 4.43. The highest BCUT2D eigenvalue weighted by molar-refractivity contribution is 5.89. The average molecular weight is 213 g/mol. The molecule has 0 atom stereocenters. The zero-order valence-electron chi connectivity index (χ0n) is 9.48. The molecule has 0 unspecified atom stereocenters. The van der Waals surface area contributed by atoms with Gasteiger partial charge in [0.25, 0.3) is 0 Å². The number of nitrogens with zero attached hydrogens (tertiary/aromatic N) is 3. The molecular weight excluding hydrogens is 198 g/mol. The second kappa shape index (κ2) is 3.74. The molecule has 0 spiro atoms. The summed E-state index contributed by atoms with van der Waals surface area (Å²) in [6.07, 6.45) is 4.23. The first-order valence-electron chi connectivity index (χ1n) is 5.81. The van der Waals surface area contributed by atoms with Crippen molar-refractivity contribution >= 4 is 16.7 Å². The largest absolute Gasteiger partial charge is 0.356 e. The van der Waals surface area contributed by atoms with E-state index in [4.69, 9.17) is 0 Å². The highest BCUT2D eigenvalue weighted by Gasteiger charge is 2.16. The molecule has 2 heterocycles. The second-order valence-electron chi connectivity index (χ2n) is 4.41. The van der Waals surface area contributed by atoms with E-state index in [0.717, 1.165) is 24.4 Å². The van der Waals surface area contributed by atoms with Gasteiger partial charge in [0.1, 0.15) is 12.1 Å². The summed E-state index contributed by atoms with van der Waals surface area (Å²) in [6.45, 7) is 4.34. The third kappa shape index (κ3) is 1.52. The molecule has 0 radical (unpaired) electrons. The third-order valence-electron chi connectivity index (χ3n) is 3.18. The van der Waals surface area contributed by atoms with E-state index in [-0.39, 0.29) is 0 Å². The van der Waals surface area contributed by atoms with Crippen LogP contribution < -0.4 is 4.90 Å². The van der Waals surface area contributed by atoms with E-state index in [1.54, 1.807) is 6.33 Å². The van der Waals surface area contributed by atoms with Gasteiger partial charge in [-0.1, -0.05) is 6.07 Å². The van der Waals surface area contributed by atoms with E-state index in [9.17, 15) is 0 Å². The molecule has 0 aliphatic carbocycles. The zero-order chi connectivity index (χ0) is 11.0. The number of hydrogen-bond acceptors (Lipinski definition) is 3. The number of hydrogen-bond donors (Lipinski definition) is 0. The Bertz CT molecular complexity index is 516. The van der Waals surface area contributed by atoms with Crippen LogP contribution in [0.5, 0.6) is 0 Å². The van der Waals surface area contributed by atoms with E-state index in [1.165, 1.54) is 23.8 Å². The Morgan fingerprint density at radius 1 is 1.12 bits per heavy atom. The summed E-state index contributed by atoms with van der Waals surface area (Å²) in [5, 5.41) is 1.18. The number of anilines is 1. The van der Waals surface area contributed by atoms with Gasteiger partial charge in [0, 0.05) is 18.5 Å². The van der Waals surface area contributed by atoms with Crippen LogP contribution in [0, 0.1) is 6.92 Å². The van der Waals surface area contributed by atoms with E-state index >= 15 is 0 Å². The van der Waals surface area contributed by atoms with E-state index in [2.05, 4.69) is 40.0 Å². The summed E-state index contributed by atoms with van der Waals surface area (Å²) in [5.74, 6) is 1.10. The Kier molecular flexibility index (Phi) is 2.24. The van der Waals surface area contributed by atoms with E-state index in [1.807, 2.05) is 0 Å². The zero-order valence-corrected chi connectivity index (χ0v) is 9.48. The van der Waals surface area contributed by atoms with Crippen molar-refractivity contribution in [1.29, 1.82) is 0 Å². The highest BCUT2D eigenvalue weighted by Crippen LogP contribution is 2.26. The van der Waals surface area contributed by atoms with Gasteiger partial charge in [-0.25, -0.2) is 9.97 Å². The molecule has 1 aromatic carbocycles. The molecule has 0 saturated carbocycles. The van der Waals surface area contributed by atoms with Gasteiger partial charge in [0.2, 0.25) is 0 Å². The predicted molar refractivity (Wildman–Crippen MR) is 65.7 cm³/mol. The summed E-state index contributed by atoms with van der Waals surface area (Å²) in [4.78, 5) is 11.1. The minimum atomic E-state index is 1.05. The van der Waals surface area contributed by atoms with Crippen molar-refractivity contribution in [2.75, 3.05) is 18.0 Å². The van der Waals surface area contributed by atoms with E-state index < -0.39 is 0 Å². The molecule has 1 aliphatic heterocycles. The predicted octanol–water partition coefficient (Wildman–Crippen LogP) is 2.54. The minimum absolute atomic E-state index is 1.05. The van der Waals surface area contributed by atoms with Crippen molar-refractivity contribution in [3.8, 4) is 0 Å². The minimum Gasteiger partial charge on any atom is -0.356 e. The van der Waals surface area contributed by atoms with Gasteiger partial charge >= 0.3 is 0 Å². The Balaban J connectivity index is 2.16. The van der Waals surface area contributed by atoms with Crippen LogP contribution in [-0.4, -0.2) is 23.1 Å². The fourth-order valence-electron chi connectivity index (χ4n) is 2.33. The average Bonchev–Trinajstić information content (AvgIpc) is 2.81. The van der Waals surface area contributed by atoms with Gasteiger partial charge in [0.05, 0.1) is 5.52 Å². The standard InChI is InChI=1S/C13H15N3/c1-10-4-5-11-12(8-10)14-9-15-13(11)16-6-2-3-7-16/h4-5,8-9H,2-3,6-7H2,1H3. The number of benzene rings is 1. The van der Waals surface area contributed by atoms with Crippen LogP contribution in [0.1, 0.15) is 18.4 Å². The summed E-state index contributed by atoms with van der Waals surface area (Å²) >= 11 is 0. The molecule has 0 N–H and O–H groups in total. The molecule has 1 aromatic heterocycles. The van der Waals surface area contributed by atoms with Crippen LogP contribution in [0.15, 0.2) is 24.5 Å². The van der Waals surface area contributed by atoms with Gasteiger partial charge in [-0.05, 0) is 37.5 Å². The van der Waals surface area contributed by atoms with Gasteiger partial charge in [0.15, 0.2) is 0 Å². The quantitative estimate of drug-likeness (QED) is 0.729. The Hall–Kier alpha value is -1.64. The molecule has 1 aliphatic rings. The Morgan fingerprint density at radius 2 is 1.94 bits per heavy atom. The molecule has 1 saturated heterocycles. The van der Waals surface area contributed by atoms with Crippen molar-refractivity contribution in [2.24, 2.45) is 0 Å². The van der Waals surface area contributed by atoms with E-state index in [0.29, 0.717) is 0 Å². The molecule has 3 rings (SSSR count). The smallest absolute Gasteiger partial charge is 0.139 e. The van der Waals surface area contributed by atoms with Gasteiger partial charge < -0.3 is 4.90 Å². The van der Waals surface area contributed by atoms with Crippen LogP contribution >= 0.6 is 0 Å². The van der Waals surface area contributed by atoms with Crippen LogP contribution in [0.3, 0.4) is 0 Å². The molecule has 3 heteroatoms. The van der Waals surface area contributed by atoms with Gasteiger partial charge in [-0.15, -0.1) is 0 Å². The monoisotopic (exact) mass is 213 g/mol. The summed E-state index contributed by atoms with van der Waals surface area (Å²) < 4.78 is 0. The second-order valence-corrected chi connectivity index (χ2v) is 4.41. The maximum Gasteiger partial charge on any atom is 0.139 e. The van der Waals surface area contributed by atoms with Crippen LogP contribution in [0.4, 0.5) is 5.82 Å². The first-order valence-corrected chi connectivity index (χ1v) is 5.81. The first kappa shape index (κ1) is 9.58. The number of aromatic nitrogens is 2. The third-order valence-corrected chi connectivity index (χ3v) is 3.18. The lowest BCUT2D eigenvalue weighted by atomic mass is 10.1. The van der Waals surface area contributed by atoms with Gasteiger partial charge in [-0.2, -0.15) is 0 Å². The lowest BCUT2D eigenvalue weighted by molar-refractivity contribution is 0.939. The molecule has 16 heavy (non-hydrogen) atoms. The fourth-order valence-corrected chi connectivity index (χ4v) is 2.33. The lowest BCUT2D eigenvalue weighted by Gasteiger charge is -2.17. The van der Waals surface area contributed by atoms with Crippen molar-refractivity contribution in [3.63, 3.8) is 0 Å². The summed E-state index contributed by atoms with van der Waals surface area (Å²) in [5.41, 5.74) is 2.30. The van der Waals surface area contributed by atoms with Crippen LogP contribution in [-0.2, 0) is 0 Å². The molecule has 3 nitrogen and oxygen atoms in total. The first-order chi connectivity index (χ1) is 7.84. The topological polar surface area (TPSA) is 29.0 Å². The molecule has 0 amide bonds. The molecular formula is C13H15N3. The molecule has 82 valence electrons. The molecule has 1 fully saturated rings. The fraction of sp³-hybridized carbons (Fsp3) is 0.385. The van der Waals surface area contributed by atoms with Crippen molar-refractivity contribution in [1.82, 2.24) is 9.97 Å². The highest BCUT2D eigenvalue weighted by atomic mass is 15.2. The SMILES string of the molecule is Cc1ccc2c(N3CCCC3)ncnc2c1. The molecule has 0 bridgehead atoms. The lowest BCUT2D eigenvalue weighted by Crippen LogP contribution is -2.19. The normalized spacial score (nSPS) is 15.9. The number of aryl methyl sites for hydroxylation is 1. The molecule has 2 aromatic rings. The van der Waals surface area contributed by atoms with Gasteiger partial charge in [-0.3, -0.25) is 0 Å².